The molecule has 1 N–H and O–H groups in total. The molecule has 0 amide bonds. The number of nitrogens with zero attached hydrogens (tertiary/aromatic N) is 2. The Morgan fingerprint density at radius 3 is 2.08 bits per heavy atom. The molecule has 0 aliphatic carbocycles. The van der Waals surface area contributed by atoms with E-state index in [1.54, 1.807) is 4.31 Å². The summed E-state index contributed by atoms with van der Waals surface area (Å²) < 4.78 is 50.8. The van der Waals surface area contributed by atoms with Gasteiger partial charge in [-0.3, -0.25) is 0 Å². The summed E-state index contributed by atoms with van der Waals surface area (Å²) in [6.45, 7) is 4.18. The minimum absolute atomic E-state index is 0.0696. The fourth-order valence-corrected chi connectivity index (χ4v) is 8.20. The van der Waals surface area contributed by atoms with Gasteiger partial charge in [-0.2, -0.15) is 0 Å². The highest BCUT2D eigenvalue weighted by molar-refractivity contribution is 7.91. The number of aromatic hydroxyl groups is 1. The van der Waals surface area contributed by atoms with Gasteiger partial charge in [-0.15, -0.1) is 0 Å². The fraction of sp³-hybridized carbons (Fsp3) is 0.571. The largest absolute Gasteiger partial charge is 0.508 e. The lowest BCUT2D eigenvalue weighted by Crippen LogP contribution is -2.40. The third kappa shape index (κ3) is 7.78. The Labute approximate surface area is 222 Å². The highest BCUT2D eigenvalue weighted by Crippen LogP contribution is 2.36. The number of phenolic OH excluding ortho intramolecular Hbond substituents is 1. The van der Waals surface area contributed by atoms with Crippen LogP contribution in [0.4, 0.5) is 0 Å². The van der Waals surface area contributed by atoms with E-state index in [1.165, 1.54) is 36.1 Å². The first-order chi connectivity index (χ1) is 17.6. The Morgan fingerprint density at radius 2 is 1.49 bits per heavy atom. The molecule has 1 unspecified atom stereocenters. The highest BCUT2D eigenvalue weighted by Gasteiger charge is 2.31. The quantitative estimate of drug-likeness (QED) is 0.480. The third-order valence-electron chi connectivity index (χ3n) is 8.22. The maximum Gasteiger partial charge on any atom is 0.211 e. The fourth-order valence-electron chi connectivity index (χ4n) is 5.90. The molecule has 0 spiro atoms. The number of sulfonamides is 1. The lowest BCUT2D eigenvalue weighted by atomic mass is 9.78. The summed E-state index contributed by atoms with van der Waals surface area (Å²) in [4.78, 5) is 2.78. The van der Waals surface area contributed by atoms with Crippen LogP contribution in [0.5, 0.6) is 5.75 Å². The van der Waals surface area contributed by atoms with E-state index in [4.69, 9.17) is 0 Å². The number of likely N-dealkylation sites (tertiary alicyclic amines) is 1. The van der Waals surface area contributed by atoms with E-state index in [-0.39, 0.29) is 16.4 Å². The second-order valence-electron chi connectivity index (χ2n) is 10.7. The molecule has 2 fully saturated rings. The van der Waals surface area contributed by atoms with Crippen LogP contribution in [0.25, 0.3) is 0 Å². The standard InChI is InChI=1S/C28H40N2O5S2/c1-36(32,33)30-20-13-25(14-21-30)28(24-5-3-2-4-6-24)15-19-29-17-11-23(12-18-29)16-22-37(34,35)27-9-7-26(31)8-10-27/h2-10,23,25,28,31H,11-22H2,1H3. The second kappa shape index (κ2) is 12.3. The SMILES string of the molecule is CS(=O)(=O)N1CCC(C(CCN2CCC(CCS(=O)(=O)c3ccc(O)cc3)CC2)c2ccccc2)CC1. The zero-order valence-corrected chi connectivity index (χ0v) is 23.3. The van der Waals surface area contributed by atoms with Crippen LogP contribution >= 0.6 is 0 Å². The predicted molar refractivity (Wildman–Crippen MR) is 147 cm³/mol. The lowest BCUT2D eigenvalue weighted by molar-refractivity contribution is 0.164. The van der Waals surface area contributed by atoms with Crippen LogP contribution in [0.2, 0.25) is 0 Å². The number of hydrogen-bond donors (Lipinski definition) is 1. The number of rotatable bonds is 10. The monoisotopic (exact) mass is 548 g/mol. The normalized spacial score (nSPS) is 20.1. The van der Waals surface area contributed by atoms with E-state index >= 15 is 0 Å². The number of sulfone groups is 1. The maximum atomic E-state index is 12.7. The van der Waals surface area contributed by atoms with Gasteiger partial charge in [0.2, 0.25) is 10.0 Å². The third-order valence-corrected chi connectivity index (χ3v) is 11.3. The van der Waals surface area contributed by atoms with E-state index in [2.05, 4.69) is 29.2 Å². The molecule has 2 aliphatic rings. The Morgan fingerprint density at radius 1 is 0.865 bits per heavy atom. The molecule has 2 heterocycles. The summed E-state index contributed by atoms with van der Waals surface area (Å²) in [5.74, 6) is 1.51. The smallest absolute Gasteiger partial charge is 0.211 e. The molecule has 2 saturated heterocycles. The van der Waals surface area contributed by atoms with Crippen molar-refractivity contribution in [1.82, 2.24) is 9.21 Å². The van der Waals surface area contributed by atoms with Gasteiger partial charge in [-0.1, -0.05) is 30.3 Å². The van der Waals surface area contributed by atoms with Crippen LogP contribution in [0, 0.1) is 11.8 Å². The summed E-state index contributed by atoms with van der Waals surface area (Å²) in [5.41, 5.74) is 1.34. The van der Waals surface area contributed by atoms with Gasteiger partial charge in [0.15, 0.2) is 9.84 Å². The molecule has 2 aromatic rings. The van der Waals surface area contributed by atoms with E-state index in [9.17, 15) is 21.9 Å². The predicted octanol–water partition coefficient (Wildman–Crippen LogP) is 4.11. The lowest BCUT2D eigenvalue weighted by Gasteiger charge is -2.37. The van der Waals surface area contributed by atoms with Crippen LogP contribution in [-0.2, 0) is 19.9 Å². The van der Waals surface area contributed by atoms with Crippen LogP contribution in [0.15, 0.2) is 59.5 Å². The molecule has 7 nitrogen and oxygen atoms in total. The van der Waals surface area contributed by atoms with Crippen LogP contribution in [-0.4, -0.2) is 75.9 Å². The van der Waals surface area contributed by atoms with Gasteiger partial charge in [-0.05, 0) is 106 Å². The van der Waals surface area contributed by atoms with Crippen molar-refractivity contribution in [2.24, 2.45) is 11.8 Å². The molecule has 9 heteroatoms. The van der Waals surface area contributed by atoms with Gasteiger partial charge in [0.1, 0.15) is 5.75 Å². The van der Waals surface area contributed by atoms with E-state index in [0.29, 0.717) is 37.3 Å². The van der Waals surface area contributed by atoms with Gasteiger partial charge >= 0.3 is 0 Å². The van der Waals surface area contributed by atoms with Gasteiger partial charge in [0, 0.05) is 13.1 Å². The summed E-state index contributed by atoms with van der Waals surface area (Å²) in [7, 11) is -6.46. The first-order valence-electron chi connectivity index (χ1n) is 13.4. The first-order valence-corrected chi connectivity index (χ1v) is 16.9. The Bertz CT molecular complexity index is 1200. The van der Waals surface area contributed by atoms with Crippen molar-refractivity contribution in [3.63, 3.8) is 0 Å². The molecule has 0 saturated carbocycles. The highest BCUT2D eigenvalue weighted by atomic mass is 32.2. The second-order valence-corrected chi connectivity index (χ2v) is 14.8. The number of phenols is 1. The zero-order chi connectivity index (χ0) is 26.5. The van der Waals surface area contributed by atoms with Gasteiger partial charge < -0.3 is 10.0 Å². The van der Waals surface area contributed by atoms with E-state index < -0.39 is 19.9 Å². The molecule has 0 aromatic heterocycles. The van der Waals surface area contributed by atoms with Crippen LogP contribution in [0.1, 0.15) is 50.0 Å². The van der Waals surface area contributed by atoms with Gasteiger partial charge in [0.25, 0.3) is 0 Å². The molecule has 2 aliphatic heterocycles. The molecule has 204 valence electrons. The summed E-state index contributed by atoms with van der Waals surface area (Å²) in [5, 5.41) is 9.41. The van der Waals surface area contributed by atoms with Crippen molar-refractivity contribution in [3.8, 4) is 5.75 Å². The van der Waals surface area contributed by atoms with Crippen molar-refractivity contribution in [3.05, 3.63) is 60.2 Å². The average molecular weight is 549 g/mol. The molecule has 4 rings (SSSR count). The molecule has 1 atom stereocenters. The van der Waals surface area contributed by atoms with E-state index in [1.807, 2.05) is 6.07 Å². The topological polar surface area (TPSA) is 95.0 Å². The summed E-state index contributed by atoms with van der Waals surface area (Å²) >= 11 is 0. The molecule has 2 aromatic carbocycles. The molecule has 0 bridgehead atoms. The van der Waals surface area contributed by atoms with Crippen LogP contribution in [0.3, 0.4) is 0 Å². The molecule has 0 radical (unpaired) electrons. The maximum absolute atomic E-state index is 12.7. The first kappa shape index (κ1) is 28.1. The van der Waals surface area contributed by atoms with Crippen LogP contribution < -0.4 is 0 Å². The van der Waals surface area contributed by atoms with Crippen molar-refractivity contribution in [1.29, 1.82) is 0 Å². The van der Waals surface area contributed by atoms with Gasteiger partial charge in [0.05, 0.1) is 16.9 Å². The summed E-state index contributed by atoms with van der Waals surface area (Å²) in [6, 6.07) is 16.4. The minimum atomic E-state index is -3.33. The van der Waals surface area contributed by atoms with Crippen molar-refractivity contribution >= 4 is 19.9 Å². The van der Waals surface area contributed by atoms with Crippen molar-refractivity contribution in [2.45, 2.75) is 49.3 Å². The van der Waals surface area contributed by atoms with E-state index in [0.717, 1.165) is 51.7 Å². The molecule has 37 heavy (non-hydrogen) atoms. The molecular weight excluding hydrogens is 508 g/mol. The molecular formula is C28H40N2O5S2. The number of piperidine rings is 2. The Kier molecular flexibility index (Phi) is 9.32. The Hall–Kier alpha value is -1.94. The number of hydrogen-bond acceptors (Lipinski definition) is 6. The average Bonchev–Trinajstić information content (AvgIpc) is 2.89. The number of benzene rings is 2. The van der Waals surface area contributed by atoms with Gasteiger partial charge in [-0.25, -0.2) is 21.1 Å². The minimum Gasteiger partial charge on any atom is -0.508 e. The Balaban J connectivity index is 1.27. The van der Waals surface area contributed by atoms with Crippen molar-refractivity contribution < 1.29 is 21.9 Å². The summed E-state index contributed by atoms with van der Waals surface area (Å²) in [6.07, 6.45) is 6.82. The van der Waals surface area contributed by atoms with Crippen molar-refractivity contribution in [2.75, 3.05) is 44.7 Å². The zero-order valence-electron chi connectivity index (χ0n) is 21.7.